The molecule has 0 aliphatic carbocycles. The van der Waals surface area contributed by atoms with Gasteiger partial charge < -0.3 is 15.1 Å². The zero-order chi connectivity index (χ0) is 10.7. The van der Waals surface area contributed by atoms with Crippen molar-refractivity contribution in [2.75, 3.05) is 50.1 Å². The Morgan fingerprint density at radius 1 is 1.33 bits per heavy atom. The van der Waals surface area contributed by atoms with Gasteiger partial charge in [0.1, 0.15) is 5.82 Å². The first-order valence-corrected chi connectivity index (χ1v) is 5.23. The molecule has 0 saturated carbocycles. The van der Waals surface area contributed by atoms with Crippen LogP contribution in [-0.2, 0) is 0 Å². The molecular weight excluding hydrogens is 190 g/mol. The third kappa shape index (κ3) is 2.36. The van der Waals surface area contributed by atoms with Gasteiger partial charge in [-0.3, -0.25) is 0 Å². The van der Waals surface area contributed by atoms with Gasteiger partial charge in [-0.05, 0) is 6.07 Å². The smallest absolute Gasteiger partial charge is 0.226 e. The highest BCUT2D eigenvalue weighted by Gasteiger charge is 2.12. The zero-order valence-electron chi connectivity index (χ0n) is 9.27. The number of hydrogen-bond acceptors (Lipinski definition) is 5. The number of piperazine rings is 1. The predicted octanol–water partition coefficient (Wildman–Crippen LogP) is -0.0478. The monoisotopic (exact) mass is 207 g/mol. The van der Waals surface area contributed by atoms with Crippen molar-refractivity contribution in [1.29, 1.82) is 0 Å². The van der Waals surface area contributed by atoms with Gasteiger partial charge in [-0.25, -0.2) is 4.98 Å². The molecule has 5 heteroatoms. The average Bonchev–Trinajstić information content (AvgIpc) is 2.30. The lowest BCUT2D eigenvalue weighted by Gasteiger charge is -2.28. The van der Waals surface area contributed by atoms with Crippen LogP contribution in [0, 0.1) is 0 Å². The topological polar surface area (TPSA) is 44.3 Å². The maximum Gasteiger partial charge on any atom is 0.226 e. The van der Waals surface area contributed by atoms with E-state index in [2.05, 4.69) is 20.2 Å². The second-order valence-electron chi connectivity index (χ2n) is 3.85. The summed E-state index contributed by atoms with van der Waals surface area (Å²) >= 11 is 0. The van der Waals surface area contributed by atoms with Crippen LogP contribution in [0.2, 0.25) is 0 Å². The van der Waals surface area contributed by atoms with Gasteiger partial charge in [-0.1, -0.05) is 0 Å². The van der Waals surface area contributed by atoms with Crippen LogP contribution in [0.25, 0.3) is 0 Å². The van der Waals surface area contributed by atoms with Crippen LogP contribution in [-0.4, -0.2) is 50.2 Å². The van der Waals surface area contributed by atoms with Crippen LogP contribution in [0.3, 0.4) is 0 Å². The molecule has 0 atom stereocenters. The Hall–Kier alpha value is -1.36. The van der Waals surface area contributed by atoms with E-state index in [1.807, 2.05) is 31.3 Å². The van der Waals surface area contributed by atoms with E-state index < -0.39 is 0 Å². The molecule has 0 radical (unpaired) electrons. The zero-order valence-corrected chi connectivity index (χ0v) is 9.27. The Labute approximate surface area is 90.1 Å². The highest BCUT2D eigenvalue weighted by Crippen LogP contribution is 2.13. The van der Waals surface area contributed by atoms with Crippen LogP contribution >= 0.6 is 0 Å². The molecule has 82 valence electrons. The summed E-state index contributed by atoms with van der Waals surface area (Å²) in [6, 6.07) is 1.97. The molecule has 2 heterocycles. The van der Waals surface area contributed by atoms with Gasteiger partial charge in [0.25, 0.3) is 0 Å². The molecule has 0 unspecified atom stereocenters. The molecule has 0 amide bonds. The molecule has 2 rings (SSSR count). The van der Waals surface area contributed by atoms with E-state index in [0.29, 0.717) is 0 Å². The number of anilines is 2. The number of nitrogens with zero attached hydrogens (tertiary/aromatic N) is 4. The standard InChI is InChI=1S/C10H17N5/c1-14(2)10-12-4-3-9(13-10)15-7-5-11-6-8-15/h3-4,11H,5-8H2,1-2H3. The molecule has 1 N–H and O–H groups in total. The fraction of sp³-hybridized carbons (Fsp3) is 0.600. The van der Waals surface area contributed by atoms with Crippen molar-refractivity contribution in [1.82, 2.24) is 15.3 Å². The SMILES string of the molecule is CN(C)c1nccc(N2CCNCC2)n1. The number of hydrogen-bond donors (Lipinski definition) is 1. The van der Waals surface area contributed by atoms with Gasteiger partial charge in [0.15, 0.2) is 0 Å². The second-order valence-corrected chi connectivity index (χ2v) is 3.85. The van der Waals surface area contributed by atoms with Gasteiger partial charge in [-0.2, -0.15) is 4.98 Å². The molecule has 0 bridgehead atoms. The molecule has 1 aliphatic heterocycles. The lowest BCUT2D eigenvalue weighted by atomic mass is 10.3. The Morgan fingerprint density at radius 2 is 2.07 bits per heavy atom. The van der Waals surface area contributed by atoms with Crippen molar-refractivity contribution < 1.29 is 0 Å². The first kappa shape index (κ1) is 10.2. The number of aromatic nitrogens is 2. The van der Waals surface area contributed by atoms with Gasteiger partial charge in [-0.15, -0.1) is 0 Å². The summed E-state index contributed by atoms with van der Waals surface area (Å²) < 4.78 is 0. The van der Waals surface area contributed by atoms with E-state index in [0.717, 1.165) is 37.9 Å². The quantitative estimate of drug-likeness (QED) is 0.737. The fourth-order valence-corrected chi connectivity index (χ4v) is 1.62. The highest BCUT2D eigenvalue weighted by molar-refractivity contribution is 5.43. The second kappa shape index (κ2) is 4.44. The van der Waals surface area contributed by atoms with Crippen LogP contribution < -0.4 is 15.1 Å². The molecule has 1 aromatic heterocycles. The Balaban J connectivity index is 2.16. The van der Waals surface area contributed by atoms with Crippen molar-refractivity contribution in [3.05, 3.63) is 12.3 Å². The minimum atomic E-state index is 0.769. The maximum atomic E-state index is 4.51. The average molecular weight is 207 g/mol. The van der Waals surface area contributed by atoms with Crippen molar-refractivity contribution in [2.45, 2.75) is 0 Å². The van der Waals surface area contributed by atoms with Gasteiger partial charge in [0, 0.05) is 46.5 Å². The van der Waals surface area contributed by atoms with Crippen LogP contribution in [0.4, 0.5) is 11.8 Å². The first-order valence-electron chi connectivity index (χ1n) is 5.23. The molecule has 0 aromatic carbocycles. The van der Waals surface area contributed by atoms with E-state index >= 15 is 0 Å². The summed E-state index contributed by atoms with van der Waals surface area (Å²) in [6.07, 6.45) is 1.82. The van der Waals surface area contributed by atoms with Crippen molar-refractivity contribution in [3.8, 4) is 0 Å². The molecule has 1 aromatic rings. The molecule has 15 heavy (non-hydrogen) atoms. The molecule has 5 nitrogen and oxygen atoms in total. The minimum Gasteiger partial charge on any atom is -0.354 e. The normalized spacial score (nSPS) is 16.5. The van der Waals surface area contributed by atoms with Crippen LogP contribution in [0.15, 0.2) is 12.3 Å². The first-order chi connectivity index (χ1) is 7.27. The molecule has 1 fully saturated rings. The third-order valence-electron chi connectivity index (χ3n) is 2.47. The predicted molar refractivity (Wildman–Crippen MR) is 61.4 cm³/mol. The summed E-state index contributed by atoms with van der Waals surface area (Å²) in [5.41, 5.74) is 0. The number of nitrogens with one attached hydrogen (secondary N) is 1. The molecular formula is C10H17N5. The summed E-state index contributed by atoms with van der Waals surface area (Å²) in [6.45, 7) is 4.09. The van der Waals surface area contributed by atoms with E-state index in [1.54, 1.807) is 0 Å². The molecule has 0 spiro atoms. The summed E-state index contributed by atoms with van der Waals surface area (Å²) in [7, 11) is 3.91. The van der Waals surface area contributed by atoms with E-state index in [9.17, 15) is 0 Å². The highest BCUT2D eigenvalue weighted by atomic mass is 15.3. The van der Waals surface area contributed by atoms with Crippen molar-refractivity contribution >= 4 is 11.8 Å². The van der Waals surface area contributed by atoms with Gasteiger partial charge in [0.05, 0.1) is 0 Å². The Kier molecular flexibility index (Phi) is 3.01. The van der Waals surface area contributed by atoms with Crippen molar-refractivity contribution in [2.24, 2.45) is 0 Å². The summed E-state index contributed by atoms with van der Waals surface area (Å²) in [5.74, 6) is 1.79. The van der Waals surface area contributed by atoms with E-state index in [4.69, 9.17) is 0 Å². The van der Waals surface area contributed by atoms with Crippen molar-refractivity contribution in [3.63, 3.8) is 0 Å². The summed E-state index contributed by atoms with van der Waals surface area (Å²) in [4.78, 5) is 12.9. The fourth-order valence-electron chi connectivity index (χ4n) is 1.62. The molecule has 1 saturated heterocycles. The van der Waals surface area contributed by atoms with E-state index in [-0.39, 0.29) is 0 Å². The van der Waals surface area contributed by atoms with E-state index in [1.165, 1.54) is 0 Å². The molecule has 1 aliphatic rings. The largest absolute Gasteiger partial charge is 0.354 e. The van der Waals surface area contributed by atoms with Crippen LogP contribution in [0.5, 0.6) is 0 Å². The Morgan fingerprint density at radius 3 is 2.73 bits per heavy atom. The lowest BCUT2D eigenvalue weighted by molar-refractivity contribution is 0.584. The Bertz CT molecular complexity index is 319. The number of rotatable bonds is 2. The third-order valence-corrected chi connectivity index (χ3v) is 2.47. The van der Waals surface area contributed by atoms with Gasteiger partial charge >= 0.3 is 0 Å². The maximum absolute atomic E-state index is 4.51. The summed E-state index contributed by atoms with van der Waals surface area (Å²) in [5, 5.41) is 3.33. The van der Waals surface area contributed by atoms with Crippen LogP contribution in [0.1, 0.15) is 0 Å². The van der Waals surface area contributed by atoms with Gasteiger partial charge in [0.2, 0.25) is 5.95 Å². The minimum absolute atomic E-state index is 0.769. The lowest BCUT2D eigenvalue weighted by Crippen LogP contribution is -2.44.